The normalized spacial score (nSPS) is 10.9. The van der Waals surface area contributed by atoms with E-state index in [1.165, 1.54) is 21.8 Å². The molecule has 3 aromatic rings. The number of hydrogen-bond acceptors (Lipinski definition) is 6. The number of nitrogen functional groups attached to an aromatic ring is 1. The van der Waals surface area contributed by atoms with E-state index in [4.69, 9.17) is 14.9 Å². The van der Waals surface area contributed by atoms with Gasteiger partial charge in [-0.1, -0.05) is 30.3 Å². The summed E-state index contributed by atoms with van der Waals surface area (Å²) in [7, 11) is 1.55. The first-order chi connectivity index (χ1) is 14.4. The van der Waals surface area contributed by atoms with Gasteiger partial charge in [-0.15, -0.1) is 0 Å². The van der Waals surface area contributed by atoms with E-state index in [0.717, 1.165) is 5.56 Å². The number of carbonyl (C=O) groups excluding carboxylic acids is 1. The van der Waals surface area contributed by atoms with E-state index in [1.807, 2.05) is 30.3 Å². The van der Waals surface area contributed by atoms with Crippen LogP contribution in [0.2, 0.25) is 0 Å². The van der Waals surface area contributed by atoms with Crippen molar-refractivity contribution in [1.29, 1.82) is 0 Å². The van der Waals surface area contributed by atoms with E-state index >= 15 is 0 Å². The lowest BCUT2D eigenvalue weighted by molar-refractivity contribution is 0.0981. The third-order valence-corrected chi connectivity index (χ3v) is 4.73. The minimum atomic E-state index is -0.728. The molecule has 1 aromatic carbocycles. The van der Waals surface area contributed by atoms with E-state index in [1.54, 1.807) is 14.0 Å². The minimum Gasteiger partial charge on any atom is -0.469 e. The first kappa shape index (κ1) is 21.1. The average molecular weight is 412 g/mol. The van der Waals surface area contributed by atoms with Gasteiger partial charge in [0.25, 0.3) is 11.5 Å². The number of carbonyl (C=O) groups is 1. The molecule has 2 heterocycles. The van der Waals surface area contributed by atoms with Crippen LogP contribution in [0.15, 0.2) is 56.7 Å². The summed E-state index contributed by atoms with van der Waals surface area (Å²) in [5.74, 6) is -0.108. The number of furan rings is 1. The van der Waals surface area contributed by atoms with Crippen molar-refractivity contribution in [1.82, 2.24) is 9.55 Å². The monoisotopic (exact) mass is 412 g/mol. The Morgan fingerprint density at radius 1 is 1.23 bits per heavy atom. The van der Waals surface area contributed by atoms with Gasteiger partial charge in [0.05, 0.1) is 18.4 Å². The number of amides is 1. The van der Waals surface area contributed by atoms with E-state index < -0.39 is 17.2 Å². The molecular weight excluding hydrogens is 388 g/mol. The van der Waals surface area contributed by atoms with Crippen LogP contribution in [0.4, 0.5) is 11.5 Å². The second-order valence-electron chi connectivity index (χ2n) is 6.76. The first-order valence-electron chi connectivity index (χ1n) is 9.45. The second kappa shape index (κ2) is 9.27. The van der Waals surface area contributed by atoms with Crippen molar-refractivity contribution in [3.05, 3.63) is 80.4 Å². The van der Waals surface area contributed by atoms with Gasteiger partial charge in [-0.3, -0.25) is 19.1 Å². The van der Waals surface area contributed by atoms with E-state index in [9.17, 15) is 14.4 Å². The Morgan fingerprint density at radius 3 is 2.60 bits per heavy atom. The molecule has 0 fully saturated rings. The smallest absolute Gasteiger partial charge is 0.330 e. The van der Waals surface area contributed by atoms with Crippen molar-refractivity contribution in [2.45, 2.75) is 19.9 Å². The number of hydrogen-bond donors (Lipinski definition) is 2. The molecule has 2 aromatic heterocycles. The molecule has 0 spiro atoms. The Balaban J connectivity index is 2.09. The van der Waals surface area contributed by atoms with Gasteiger partial charge in [0, 0.05) is 20.3 Å². The van der Waals surface area contributed by atoms with Crippen LogP contribution in [0.25, 0.3) is 0 Å². The van der Waals surface area contributed by atoms with Crippen LogP contribution in [0.3, 0.4) is 0 Å². The molecule has 0 aliphatic carbocycles. The summed E-state index contributed by atoms with van der Waals surface area (Å²) in [6, 6.07) is 10.7. The maximum Gasteiger partial charge on any atom is 0.330 e. The summed E-state index contributed by atoms with van der Waals surface area (Å²) in [6.07, 6.45) is 1.87. The Bertz CT molecular complexity index is 1130. The zero-order chi connectivity index (χ0) is 21.7. The van der Waals surface area contributed by atoms with Gasteiger partial charge >= 0.3 is 5.69 Å². The van der Waals surface area contributed by atoms with Crippen molar-refractivity contribution in [2.24, 2.45) is 0 Å². The van der Waals surface area contributed by atoms with Gasteiger partial charge < -0.3 is 19.8 Å². The average Bonchev–Trinajstić information content (AvgIpc) is 3.16. The summed E-state index contributed by atoms with van der Waals surface area (Å²) in [4.78, 5) is 41.9. The molecule has 0 radical (unpaired) electrons. The van der Waals surface area contributed by atoms with Crippen LogP contribution in [-0.4, -0.2) is 35.7 Å². The lowest BCUT2D eigenvalue weighted by Gasteiger charge is -2.24. The molecule has 0 saturated heterocycles. The number of benzene rings is 1. The molecule has 0 unspecified atom stereocenters. The summed E-state index contributed by atoms with van der Waals surface area (Å²) < 4.78 is 11.6. The SMILES string of the molecule is COCCCN(C(=O)c1ccoc1C)c1c(N)n(Cc2ccccc2)c(=O)[nH]c1=O. The fraction of sp³-hybridized carbons (Fsp3) is 0.286. The molecule has 158 valence electrons. The molecule has 30 heavy (non-hydrogen) atoms. The molecule has 3 N–H and O–H groups in total. The number of methoxy groups -OCH3 is 1. The highest BCUT2D eigenvalue weighted by atomic mass is 16.5. The highest BCUT2D eigenvalue weighted by Crippen LogP contribution is 2.22. The number of aromatic amines is 1. The van der Waals surface area contributed by atoms with Gasteiger partial charge in [0.1, 0.15) is 11.6 Å². The zero-order valence-electron chi connectivity index (χ0n) is 16.9. The molecule has 0 atom stereocenters. The van der Waals surface area contributed by atoms with Crippen molar-refractivity contribution in [3.63, 3.8) is 0 Å². The molecule has 9 heteroatoms. The second-order valence-corrected chi connectivity index (χ2v) is 6.76. The van der Waals surface area contributed by atoms with Gasteiger partial charge in [0.15, 0.2) is 5.69 Å². The lowest BCUT2D eigenvalue weighted by atomic mass is 10.2. The van der Waals surface area contributed by atoms with Gasteiger partial charge in [-0.2, -0.15) is 0 Å². The number of ether oxygens (including phenoxy) is 1. The maximum atomic E-state index is 13.2. The number of rotatable bonds is 8. The zero-order valence-corrected chi connectivity index (χ0v) is 16.9. The predicted octanol–water partition coefficient (Wildman–Crippen LogP) is 1.75. The number of aromatic nitrogens is 2. The largest absolute Gasteiger partial charge is 0.469 e. The fourth-order valence-electron chi connectivity index (χ4n) is 3.20. The van der Waals surface area contributed by atoms with Crippen LogP contribution in [0.1, 0.15) is 28.1 Å². The summed E-state index contributed by atoms with van der Waals surface area (Å²) in [6.45, 7) is 2.37. The third kappa shape index (κ3) is 4.36. The fourth-order valence-corrected chi connectivity index (χ4v) is 3.20. The molecule has 1 amide bonds. The number of aryl methyl sites for hydroxylation is 1. The molecule has 0 aliphatic rings. The molecule has 0 bridgehead atoms. The van der Waals surface area contributed by atoms with Crippen molar-refractivity contribution in [2.75, 3.05) is 30.9 Å². The quantitative estimate of drug-likeness (QED) is 0.543. The highest BCUT2D eigenvalue weighted by molar-refractivity contribution is 6.07. The molecule has 0 aliphatic heterocycles. The number of nitrogens with zero attached hydrogens (tertiary/aromatic N) is 2. The lowest BCUT2D eigenvalue weighted by Crippen LogP contribution is -2.42. The number of H-pyrrole nitrogens is 1. The number of anilines is 2. The number of nitrogens with one attached hydrogen (secondary N) is 1. The first-order valence-corrected chi connectivity index (χ1v) is 9.45. The predicted molar refractivity (Wildman–Crippen MR) is 113 cm³/mol. The van der Waals surface area contributed by atoms with Crippen LogP contribution in [0.5, 0.6) is 0 Å². The third-order valence-electron chi connectivity index (χ3n) is 4.73. The van der Waals surface area contributed by atoms with Gasteiger partial charge in [-0.05, 0) is 25.0 Å². The maximum absolute atomic E-state index is 13.2. The Kier molecular flexibility index (Phi) is 6.53. The van der Waals surface area contributed by atoms with Crippen molar-refractivity contribution >= 4 is 17.4 Å². The van der Waals surface area contributed by atoms with E-state index in [0.29, 0.717) is 24.4 Å². The minimum absolute atomic E-state index is 0.0766. The van der Waals surface area contributed by atoms with Crippen molar-refractivity contribution in [3.8, 4) is 0 Å². The Hall–Kier alpha value is -3.59. The molecule has 0 saturated carbocycles. The van der Waals surface area contributed by atoms with Crippen LogP contribution < -0.4 is 21.9 Å². The Labute approximate surface area is 172 Å². The van der Waals surface area contributed by atoms with Crippen LogP contribution >= 0.6 is 0 Å². The van der Waals surface area contributed by atoms with E-state index in [-0.39, 0.29) is 24.6 Å². The summed E-state index contributed by atoms with van der Waals surface area (Å²) in [5.41, 5.74) is 5.95. The standard InChI is InChI=1S/C21H24N4O5/c1-14-16(9-12-30-14)20(27)24(10-6-11-29-2)17-18(22)25(21(28)23-19(17)26)13-15-7-4-3-5-8-15/h3-5,7-9,12H,6,10-11,13,22H2,1-2H3,(H,23,26,28). The van der Waals surface area contributed by atoms with E-state index in [2.05, 4.69) is 4.98 Å². The number of nitrogens with two attached hydrogens (primary N) is 1. The Morgan fingerprint density at radius 2 is 1.97 bits per heavy atom. The van der Waals surface area contributed by atoms with Crippen LogP contribution in [0, 0.1) is 6.92 Å². The van der Waals surface area contributed by atoms with Gasteiger partial charge in [0.2, 0.25) is 0 Å². The molecule has 3 rings (SSSR count). The summed E-state index contributed by atoms with van der Waals surface area (Å²) in [5, 5.41) is 0. The van der Waals surface area contributed by atoms with Crippen molar-refractivity contribution < 1.29 is 13.9 Å². The van der Waals surface area contributed by atoms with Crippen LogP contribution in [-0.2, 0) is 11.3 Å². The molecule has 9 nitrogen and oxygen atoms in total. The molecular formula is C21H24N4O5. The topological polar surface area (TPSA) is 124 Å². The van der Waals surface area contributed by atoms with Gasteiger partial charge in [-0.25, -0.2) is 4.79 Å². The highest BCUT2D eigenvalue weighted by Gasteiger charge is 2.27. The summed E-state index contributed by atoms with van der Waals surface area (Å²) >= 11 is 0.